The third kappa shape index (κ3) is 2.62. The number of halogens is 1. The van der Waals surface area contributed by atoms with E-state index in [1.165, 1.54) is 19.3 Å². The van der Waals surface area contributed by atoms with E-state index in [9.17, 15) is 4.39 Å². The summed E-state index contributed by atoms with van der Waals surface area (Å²) in [7, 11) is 0. The Kier molecular flexibility index (Phi) is 3.83. The average molecular weight is 277 g/mol. The highest BCUT2D eigenvalue weighted by Gasteiger charge is 2.38. The van der Waals surface area contributed by atoms with Crippen LogP contribution in [0.3, 0.4) is 0 Å². The van der Waals surface area contributed by atoms with E-state index >= 15 is 0 Å². The minimum Gasteiger partial charge on any atom is -0.384 e. The van der Waals surface area contributed by atoms with Gasteiger partial charge in [0, 0.05) is 31.6 Å². The lowest BCUT2D eigenvalue weighted by atomic mass is 9.79. The van der Waals surface area contributed by atoms with Crippen LogP contribution in [0.4, 0.5) is 15.8 Å². The summed E-state index contributed by atoms with van der Waals surface area (Å²) in [4.78, 5) is 2.44. The smallest absolute Gasteiger partial charge is 0.125 e. The quantitative estimate of drug-likeness (QED) is 0.889. The van der Waals surface area contributed by atoms with E-state index in [0.717, 1.165) is 44.1 Å². The molecule has 1 unspecified atom stereocenters. The summed E-state index contributed by atoms with van der Waals surface area (Å²) >= 11 is 0. The Bertz CT molecular complexity index is 469. The zero-order valence-corrected chi connectivity index (χ0v) is 12.2. The lowest BCUT2D eigenvalue weighted by molar-refractivity contribution is 0.261. The van der Waals surface area contributed by atoms with E-state index in [0.29, 0.717) is 5.41 Å². The van der Waals surface area contributed by atoms with Crippen molar-refractivity contribution in [2.75, 3.05) is 42.9 Å². The molecule has 2 saturated heterocycles. The monoisotopic (exact) mass is 277 g/mol. The van der Waals surface area contributed by atoms with Gasteiger partial charge in [-0.2, -0.15) is 0 Å². The van der Waals surface area contributed by atoms with Crippen LogP contribution in [0.15, 0.2) is 18.2 Å². The minimum atomic E-state index is -0.168. The van der Waals surface area contributed by atoms with E-state index in [1.54, 1.807) is 12.1 Å². The van der Waals surface area contributed by atoms with Gasteiger partial charge in [0.05, 0.1) is 11.4 Å². The largest absolute Gasteiger partial charge is 0.384 e. The van der Waals surface area contributed by atoms with Crippen molar-refractivity contribution in [2.45, 2.75) is 26.2 Å². The molecule has 20 heavy (non-hydrogen) atoms. The maximum absolute atomic E-state index is 13.5. The summed E-state index contributed by atoms with van der Waals surface area (Å²) in [5, 5.41) is 6.80. The Labute approximate surface area is 120 Å². The summed E-state index contributed by atoms with van der Waals surface area (Å²) in [6.45, 7) is 7.29. The van der Waals surface area contributed by atoms with Crippen LogP contribution in [-0.4, -0.2) is 32.7 Å². The fourth-order valence-corrected chi connectivity index (χ4v) is 3.67. The molecule has 0 radical (unpaired) electrons. The van der Waals surface area contributed by atoms with Crippen molar-refractivity contribution in [3.63, 3.8) is 0 Å². The molecular weight excluding hydrogens is 253 g/mol. The lowest BCUT2D eigenvalue weighted by Crippen LogP contribution is -2.44. The second-order valence-electron chi connectivity index (χ2n) is 6.14. The van der Waals surface area contributed by atoms with Gasteiger partial charge in [-0.1, -0.05) is 0 Å². The zero-order valence-electron chi connectivity index (χ0n) is 12.2. The Morgan fingerprint density at radius 1 is 1.40 bits per heavy atom. The molecule has 4 heteroatoms. The highest BCUT2D eigenvalue weighted by molar-refractivity contribution is 5.70. The molecule has 1 atom stereocenters. The van der Waals surface area contributed by atoms with Gasteiger partial charge in [-0.15, -0.1) is 0 Å². The van der Waals surface area contributed by atoms with Gasteiger partial charge in [-0.3, -0.25) is 0 Å². The van der Waals surface area contributed by atoms with E-state index in [2.05, 4.69) is 15.5 Å². The van der Waals surface area contributed by atoms with Crippen molar-refractivity contribution < 1.29 is 4.39 Å². The third-order valence-corrected chi connectivity index (χ3v) is 4.66. The molecule has 2 aliphatic heterocycles. The molecule has 0 amide bonds. The molecule has 0 aliphatic carbocycles. The van der Waals surface area contributed by atoms with Crippen LogP contribution < -0.4 is 15.5 Å². The van der Waals surface area contributed by atoms with Gasteiger partial charge in [0.15, 0.2) is 0 Å². The lowest BCUT2D eigenvalue weighted by Gasteiger charge is -2.42. The molecule has 3 rings (SSSR count). The van der Waals surface area contributed by atoms with Crippen LogP contribution >= 0.6 is 0 Å². The van der Waals surface area contributed by atoms with Crippen molar-refractivity contribution in [1.29, 1.82) is 0 Å². The summed E-state index contributed by atoms with van der Waals surface area (Å²) in [6.07, 6.45) is 3.81. The second-order valence-corrected chi connectivity index (χ2v) is 6.14. The predicted molar refractivity (Wildman–Crippen MR) is 81.9 cm³/mol. The molecule has 0 bridgehead atoms. The normalized spacial score (nSPS) is 26.2. The maximum atomic E-state index is 13.5. The SMILES string of the molecule is CCNc1cc(F)ccc1N1CCCC2(CCNC2)C1. The van der Waals surface area contributed by atoms with Crippen LogP contribution in [-0.2, 0) is 0 Å². The van der Waals surface area contributed by atoms with Gasteiger partial charge < -0.3 is 15.5 Å². The summed E-state index contributed by atoms with van der Waals surface area (Å²) in [6, 6.07) is 5.12. The molecule has 1 aromatic carbocycles. The number of nitrogens with one attached hydrogen (secondary N) is 2. The van der Waals surface area contributed by atoms with Gasteiger partial charge >= 0.3 is 0 Å². The first-order valence-corrected chi connectivity index (χ1v) is 7.72. The third-order valence-electron chi connectivity index (χ3n) is 4.66. The summed E-state index contributed by atoms with van der Waals surface area (Å²) in [5.74, 6) is -0.168. The maximum Gasteiger partial charge on any atom is 0.125 e. The Morgan fingerprint density at radius 2 is 2.30 bits per heavy atom. The molecular formula is C16H24FN3. The highest BCUT2D eigenvalue weighted by atomic mass is 19.1. The van der Waals surface area contributed by atoms with E-state index in [1.807, 2.05) is 13.0 Å². The van der Waals surface area contributed by atoms with Gasteiger partial charge in [-0.05, 0) is 50.9 Å². The van der Waals surface area contributed by atoms with Crippen molar-refractivity contribution in [2.24, 2.45) is 5.41 Å². The molecule has 2 fully saturated rings. The highest BCUT2D eigenvalue weighted by Crippen LogP contribution is 2.39. The van der Waals surface area contributed by atoms with Gasteiger partial charge in [0.1, 0.15) is 5.82 Å². The number of piperidine rings is 1. The van der Waals surface area contributed by atoms with Crippen molar-refractivity contribution in [3.8, 4) is 0 Å². The first-order chi connectivity index (χ1) is 9.72. The van der Waals surface area contributed by atoms with Crippen LogP contribution in [0.2, 0.25) is 0 Å². The van der Waals surface area contributed by atoms with E-state index in [-0.39, 0.29) is 5.82 Å². The Balaban J connectivity index is 1.84. The fourth-order valence-electron chi connectivity index (χ4n) is 3.67. The molecule has 2 aliphatic rings. The van der Waals surface area contributed by atoms with Crippen molar-refractivity contribution in [3.05, 3.63) is 24.0 Å². The molecule has 110 valence electrons. The number of benzene rings is 1. The molecule has 2 N–H and O–H groups in total. The van der Waals surface area contributed by atoms with Crippen LogP contribution in [0, 0.1) is 11.2 Å². The van der Waals surface area contributed by atoms with Crippen LogP contribution in [0.1, 0.15) is 26.2 Å². The summed E-state index contributed by atoms with van der Waals surface area (Å²) < 4.78 is 13.5. The number of anilines is 2. The molecule has 3 nitrogen and oxygen atoms in total. The molecule has 2 heterocycles. The number of hydrogen-bond acceptors (Lipinski definition) is 3. The topological polar surface area (TPSA) is 27.3 Å². The predicted octanol–water partition coefficient (Wildman–Crippen LogP) is 2.84. The van der Waals surface area contributed by atoms with Crippen molar-refractivity contribution in [1.82, 2.24) is 5.32 Å². The Hall–Kier alpha value is -1.29. The number of rotatable bonds is 3. The Morgan fingerprint density at radius 3 is 3.05 bits per heavy atom. The van der Waals surface area contributed by atoms with Crippen molar-refractivity contribution >= 4 is 11.4 Å². The number of nitrogens with zero attached hydrogens (tertiary/aromatic N) is 1. The minimum absolute atomic E-state index is 0.168. The summed E-state index contributed by atoms with van der Waals surface area (Å²) in [5.41, 5.74) is 2.51. The van der Waals surface area contributed by atoms with Gasteiger partial charge in [0.2, 0.25) is 0 Å². The molecule has 0 saturated carbocycles. The van der Waals surface area contributed by atoms with Gasteiger partial charge in [-0.25, -0.2) is 4.39 Å². The van der Waals surface area contributed by atoms with Crippen LogP contribution in [0.25, 0.3) is 0 Å². The average Bonchev–Trinajstić information content (AvgIpc) is 2.87. The molecule has 1 spiro atoms. The van der Waals surface area contributed by atoms with Crippen LogP contribution in [0.5, 0.6) is 0 Å². The molecule has 0 aromatic heterocycles. The standard InChI is InChI=1S/C16H24FN3/c1-2-19-14-10-13(17)4-5-15(14)20-9-3-6-16(12-20)7-8-18-11-16/h4-5,10,18-19H,2-3,6-9,11-12H2,1H3. The number of hydrogen-bond donors (Lipinski definition) is 2. The fraction of sp³-hybridized carbons (Fsp3) is 0.625. The zero-order chi connectivity index (χ0) is 14.0. The first-order valence-electron chi connectivity index (χ1n) is 7.72. The van der Waals surface area contributed by atoms with Gasteiger partial charge in [0.25, 0.3) is 0 Å². The second kappa shape index (κ2) is 5.60. The molecule has 1 aromatic rings. The first kappa shape index (κ1) is 13.7. The van der Waals surface area contributed by atoms with E-state index in [4.69, 9.17) is 0 Å². The van der Waals surface area contributed by atoms with E-state index < -0.39 is 0 Å².